The minimum Gasteiger partial charge on any atom is -0.467 e. The summed E-state index contributed by atoms with van der Waals surface area (Å²) in [5, 5.41) is 0. The maximum atomic E-state index is 13.9. The maximum absolute atomic E-state index is 13.9. The van der Waals surface area contributed by atoms with Crippen LogP contribution in [-0.4, -0.2) is 20.9 Å². The van der Waals surface area contributed by atoms with Crippen LogP contribution in [0.5, 0.6) is 5.75 Å². The molecular weight excluding hydrogens is 377 g/mol. The molecule has 9 heteroatoms. The van der Waals surface area contributed by atoms with E-state index < -0.39 is 5.82 Å². The SMILES string of the molecule is C=CCn1c(=S)sc2c(=O)n(Cc3cc(F)cc4c3OCOC4)cnc21. The normalized spacial score (nSPS) is 13.4. The lowest BCUT2D eigenvalue weighted by Gasteiger charge is -2.21. The zero-order valence-electron chi connectivity index (χ0n) is 13.6. The highest BCUT2D eigenvalue weighted by atomic mass is 32.1. The molecule has 0 aliphatic carbocycles. The van der Waals surface area contributed by atoms with Crippen molar-refractivity contribution >= 4 is 33.9 Å². The van der Waals surface area contributed by atoms with Gasteiger partial charge in [0.1, 0.15) is 22.6 Å². The molecule has 0 saturated heterocycles. The standard InChI is InChI=1S/C17H14FN3O3S2/c1-2-3-21-15-14(26-17(21)25)16(22)20(8-19-15)6-10-4-12(18)5-11-7-23-9-24-13(10)11/h2,4-5,8H,1,3,6-7,9H2. The molecule has 1 aliphatic rings. The van der Waals surface area contributed by atoms with Crippen molar-refractivity contribution in [2.45, 2.75) is 19.7 Å². The smallest absolute Gasteiger partial charge is 0.273 e. The van der Waals surface area contributed by atoms with Gasteiger partial charge in [-0.15, -0.1) is 6.58 Å². The monoisotopic (exact) mass is 391 g/mol. The predicted molar refractivity (Wildman–Crippen MR) is 98.7 cm³/mol. The fourth-order valence-electron chi connectivity index (χ4n) is 2.93. The molecule has 4 rings (SSSR count). The molecule has 0 bridgehead atoms. The van der Waals surface area contributed by atoms with Crippen LogP contribution in [0.2, 0.25) is 0 Å². The molecule has 0 spiro atoms. The van der Waals surface area contributed by atoms with Crippen molar-refractivity contribution in [3.05, 3.63) is 62.4 Å². The van der Waals surface area contributed by atoms with Gasteiger partial charge in [0.25, 0.3) is 5.56 Å². The van der Waals surface area contributed by atoms with Crippen molar-refractivity contribution in [1.82, 2.24) is 14.1 Å². The minimum absolute atomic E-state index is 0.101. The van der Waals surface area contributed by atoms with Gasteiger partial charge >= 0.3 is 0 Å². The van der Waals surface area contributed by atoms with Crippen LogP contribution in [0.25, 0.3) is 10.3 Å². The average molecular weight is 391 g/mol. The van der Waals surface area contributed by atoms with E-state index in [2.05, 4.69) is 11.6 Å². The number of aromatic nitrogens is 3. The summed E-state index contributed by atoms with van der Waals surface area (Å²) in [6, 6.07) is 2.74. The Morgan fingerprint density at radius 2 is 2.31 bits per heavy atom. The second kappa shape index (κ2) is 6.75. The number of benzene rings is 1. The number of nitrogens with zero attached hydrogens (tertiary/aromatic N) is 3. The highest BCUT2D eigenvalue weighted by Crippen LogP contribution is 2.30. The highest BCUT2D eigenvalue weighted by molar-refractivity contribution is 7.73. The van der Waals surface area contributed by atoms with Gasteiger partial charge in [0.2, 0.25) is 0 Å². The Hall–Kier alpha value is -2.36. The molecule has 1 aliphatic heterocycles. The zero-order valence-corrected chi connectivity index (χ0v) is 15.2. The van der Waals surface area contributed by atoms with Gasteiger partial charge in [0, 0.05) is 17.7 Å². The lowest BCUT2D eigenvalue weighted by Crippen LogP contribution is -2.22. The molecule has 6 nitrogen and oxygen atoms in total. The van der Waals surface area contributed by atoms with Gasteiger partial charge in [-0.05, 0) is 24.4 Å². The average Bonchev–Trinajstić information content (AvgIpc) is 2.94. The van der Waals surface area contributed by atoms with E-state index in [-0.39, 0.29) is 25.5 Å². The van der Waals surface area contributed by atoms with Crippen molar-refractivity contribution in [2.24, 2.45) is 0 Å². The van der Waals surface area contributed by atoms with Crippen LogP contribution in [-0.2, 0) is 24.4 Å². The quantitative estimate of drug-likeness (QED) is 0.505. The number of hydrogen-bond donors (Lipinski definition) is 0. The molecule has 0 radical (unpaired) electrons. The molecule has 0 saturated carbocycles. The van der Waals surface area contributed by atoms with Crippen molar-refractivity contribution in [1.29, 1.82) is 0 Å². The van der Waals surface area contributed by atoms with E-state index in [1.165, 1.54) is 34.4 Å². The molecule has 1 aromatic carbocycles. The van der Waals surface area contributed by atoms with Gasteiger partial charge in [-0.1, -0.05) is 17.4 Å². The third-order valence-corrected chi connectivity index (χ3v) is 5.47. The van der Waals surface area contributed by atoms with Crippen LogP contribution in [0.4, 0.5) is 4.39 Å². The predicted octanol–water partition coefficient (Wildman–Crippen LogP) is 3.23. The molecule has 3 aromatic rings. The summed E-state index contributed by atoms with van der Waals surface area (Å²) in [7, 11) is 0. The second-order valence-electron chi connectivity index (χ2n) is 5.76. The topological polar surface area (TPSA) is 58.3 Å². The van der Waals surface area contributed by atoms with Crippen LogP contribution >= 0.6 is 23.6 Å². The van der Waals surface area contributed by atoms with Crippen molar-refractivity contribution in [3.63, 3.8) is 0 Å². The van der Waals surface area contributed by atoms with Crippen LogP contribution in [0, 0.1) is 9.77 Å². The number of thiazole rings is 1. The summed E-state index contributed by atoms with van der Waals surface area (Å²) in [5.74, 6) is 0.157. The number of halogens is 1. The van der Waals surface area contributed by atoms with Crippen LogP contribution in [0.3, 0.4) is 0 Å². The fourth-order valence-corrected chi connectivity index (χ4v) is 4.25. The number of fused-ring (bicyclic) bond motifs is 2. The van der Waals surface area contributed by atoms with Gasteiger partial charge in [-0.25, -0.2) is 9.37 Å². The van der Waals surface area contributed by atoms with E-state index in [4.69, 9.17) is 21.7 Å². The molecular formula is C17H14FN3O3S2. The number of hydrogen-bond acceptors (Lipinski definition) is 6. The third-order valence-electron chi connectivity index (χ3n) is 4.05. The molecule has 134 valence electrons. The lowest BCUT2D eigenvalue weighted by molar-refractivity contribution is -0.0173. The fraction of sp³-hybridized carbons (Fsp3) is 0.235. The van der Waals surface area contributed by atoms with Gasteiger partial charge in [0.05, 0.1) is 13.2 Å². The zero-order chi connectivity index (χ0) is 18.3. The second-order valence-corrected chi connectivity index (χ2v) is 7.41. The molecule has 3 heterocycles. The Balaban J connectivity index is 1.81. The summed E-state index contributed by atoms with van der Waals surface area (Å²) in [6.45, 7) is 4.71. The summed E-state index contributed by atoms with van der Waals surface area (Å²) >= 11 is 6.52. The minimum atomic E-state index is -0.400. The Morgan fingerprint density at radius 3 is 3.12 bits per heavy atom. The van der Waals surface area contributed by atoms with Gasteiger partial charge < -0.3 is 14.0 Å². The number of ether oxygens (including phenoxy) is 2. The van der Waals surface area contributed by atoms with E-state index >= 15 is 0 Å². The van der Waals surface area contributed by atoms with E-state index in [0.717, 1.165) is 0 Å². The van der Waals surface area contributed by atoms with Gasteiger partial charge in [0.15, 0.2) is 16.4 Å². The molecule has 2 aromatic heterocycles. The number of rotatable bonds is 4. The summed E-state index contributed by atoms with van der Waals surface area (Å²) < 4.78 is 28.8. The molecule has 26 heavy (non-hydrogen) atoms. The third kappa shape index (κ3) is 2.87. The molecule has 0 fully saturated rings. The lowest BCUT2D eigenvalue weighted by atomic mass is 10.1. The van der Waals surface area contributed by atoms with E-state index in [1.54, 1.807) is 10.6 Å². The Bertz CT molecular complexity index is 1130. The summed E-state index contributed by atoms with van der Waals surface area (Å²) in [6.07, 6.45) is 3.15. The molecule has 0 amide bonds. The molecule has 0 atom stereocenters. The van der Waals surface area contributed by atoms with E-state index in [1.807, 2.05) is 0 Å². The highest BCUT2D eigenvalue weighted by Gasteiger charge is 2.19. The van der Waals surface area contributed by atoms with E-state index in [0.29, 0.717) is 37.7 Å². The van der Waals surface area contributed by atoms with E-state index in [9.17, 15) is 9.18 Å². The molecule has 0 N–H and O–H groups in total. The van der Waals surface area contributed by atoms with Crippen molar-refractivity contribution in [2.75, 3.05) is 6.79 Å². The number of allylic oxidation sites excluding steroid dienone is 1. The largest absolute Gasteiger partial charge is 0.467 e. The molecule has 0 unspecified atom stereocenters. The maximum Gasteiger partial charge on any atom is 0.273 e. The first-order valence-electron chi connectivity index (χ1n) is 7.80. The van der Waals surface area contributed by atoms with Crippen molar-refractivity contribution < 1.29 is 13.9 Å². The van der Waals surface area contributed by atoms with Gasteiger partial charge in [-0.3, -0.25) is 9.36 Å². The van der Waals surface area contributed by atoms with Crippen LogP contribution in [0.1, 0.15) is 11.1 Å². The van der Waals surface area contributed by atoms with Gasteiger partial charge in [-0.2, -0.15) is 0 Å². The van der Waals surface area contributed by atoms with Crippen molar-refractivity contribution in [3.8, 4) is 5.75 Å². The first kappa shape index (κ1) is 17.1. The summed E-state index contributed by atoms with van der Waals surface area (Å²) in [5.41, 5.74) is 1.51. The van der Waals surface area contributed by atoms with Crippen LogP contribution in [0.15, 0.2) is 35.9 Å². The van der Waals surface area contributed by atoms with Crippen LogP contribution < -0.4 is 10.3 Å². The Morgan fingerprint density at radius 1 is 1.46 bits per heavy atom. The first-order chi connectivity index (χ1) is 12.6. The Labute approximate surface area is 156 Å². The summed E-state index contributed by atoms with van der Waals surface area (Å²) in [4.78, 5) is 17.2. The first-order valence-corrected chi connectivity index (χ1v) is 9.02. The Kier molecular flexibility index (Phi) is 4.43.